The highest BCUT2D eigenvalue weighted by molar-refractivity contribution is 5.76. The van der Waals surface area contributed by atoms with Crippen molar-refractivity contribution >= 4 is 5.91 Å². The van der Waals surface area contributed by atoms with Crippen molar-refractivity contribution < 1.29 is 14.3 Å². The van der Waals surface area contributed by atoms with Gasteiger partial charge in [0.15, 0.2) is 11.5 Å². The molecular weight excluding hydrogens is 408 g/mol. The molecule has 0 unspecified atom stereocenters. The van der Waals surface area contributed by atoms with Gasteiger partial charge in [-0.3, -0.25) is 9.36 Å². The van der Waals surface area contributed by atoms with Crippen molar-refractivity contribution in [3.63, 3.8) is 0 Å². The van der Waals surface area contributed by atoms with Crippen LogP contribution in [0.1, 0.15) is 64.3 Å². The largest absolute Gasteiger partial charge is 0.490 e. The molecule has 176 valence electrons. The Morgan fingerprint density at radius 1 is 1.09 bits per heavy atom. The Morgan fingerprint density at radius 3 is 2.69 bits per heavy atom. The molecule has 32 heavy (non-hydrogen) atoms. The normalized spacial score (nSPS) is 13.3. The number of nitrogens with zero attached hydrogens (tertiary/aromatic N) is 4. The van der Waals surface area contributed by atoms with E-state index in [1.54, 1.807) is 9.47 Å². The first-order valence-corrected chi connectivity index (χ1v) is 11.9. The fourth-order valence-electron chi connectivity index (χ4n) is 3.99. The maximum atomic E-state index is 13.1. The number of hydrogen-bond donors (Lipinski definition) is 0. The summed E-state index contributed by atoms with van der Waals surface area (Å²) in [7, 11) is 0. The van der Waals surface area contributed by atoms with Gasteiger partial charge in [-0.1, -0.05) is 26.3 Å². The molecule has 0 atom stereocenters. The zero-order chi connectivity index (χ0) is 22.9. The van der Waals surface area contributed by atoms with E-state index < -0.39 is 0 Å². The second-order valence-corrected chi connectivity index (χ2v) is 8.20. The van der Waals surface area contributed by atoms with Crippen LogP contribution in [-0.2, 0) is 30.8 Å². The minimum atomic E-state index is -0.178. The Kier molecular flexibility index (Phi) is 8.76. The van der Waals surface area contributed by atoms with E-state index in [1.165, 1.54) is 4.68 Å². The highest BCUT2D eigenvalue weighted by Gasteiger charge is 2.20. The molecule has 0 saturated carbocycles. The number of amides is 1. The van der Waals surface area contributed by atoms with E-state index in [1.807, 2.05) is 32.0 Å². The lowest BCUT2D eigenvalue weighted by Gasteiger charge is -2.23. The van der Waals surface area contributed by atoms with Crippen LogP contribution in [0.2, 0.25) is 0 Å². The molecule has 8 heteroatoms. The van der Waals surface area contributed by atoms with Gasteiger partial charge in [-0.2, -0.15) is 5.10 Å². The minimum Gasteiger partial charge on any atom is -0.490 e. The predicted molar refractivity (Wildman–Crippen MR) is 123 cm³/mol. The second kappa shape index (κ2) is 11.7. The van der Waals surface area contributed by atoms with Crippen LogP contribution in [0.4, 0.5) is 0 Å². The lowest BCUT2D eigenvalue weighted by Crippen LogP contribution is -2.37. The first kappa shape index (κ1) is 23.9. The standard InChI is InChI=1S/C24H36N4O4/c1-4-13-26(17-19-11-12-20(32-15-5-2)21(16-19)31-6-3)23(29)18-28-24(30)27-14-9-7-8-10-22(27)25-28/h11-12,16H,4-10,13-15,17-18H2,1-3H3. The van der Waals surface area contributed by atoms with Crippen molar-refractivity contribution in [2.24, 2.45) is 0 Å². The van der Waals surface area contributed by atoms with Crippen LogP contribution >= 0.6 is 0 Å². The summed E-state index contributed by atoms with van der Waals surface area (Å²) in [6, 6.07) is 5.81. The van der Waals surface area contributed by atoms with E-state index in [9.17, 15) is 9.59 Å². The molecule has 2 heterocycles. The van der Waals surface area contributed by atoms with Gasteiger partial charge >= 0.3 is 5.69 Å². The molecule has 1 amide bonds. The molecule has 0 N–H and O–H groups in total. The lowest BCUT2D eigenvalue weighted by atomic mass is 10.1. The van der Waals surface area contributed by atoms with Crippen LogP contribution in [0.3, 0.4) is 0 Å². The van der Waals surface area contributed by atoms with Gasteiger partial charge in [-0.05, 0) is 50.3 Å². The first-order chi connectivity index (χ1) is 15.6. The van der Waals surface area contributed by atoms with Crippen molar-refractivity contribution in [2.45, 2.75) is 78.9 Å². The van der Waals surface area contributed by atoms with Crippen LogP contribution in [0, 0.1) is 0 Å². The zero-order valence-corrected chi connectivity index (χ0v) is 19.6. The van der Waals surface area contributed by atoms with Crippen LogP contribution in [0.5, 0.6) is 11.5 Å². The van der Waals surface area contributed by atoms with Gasteiger partial charge in [0.2, 0.25) is 5.91 Å². The predicted octanol–water partition coefficient (Wildman–Crippen LogP) is 3.40. The summed E-state index contributed by atoms with van der Waals surface area (Å²) in [6.45, 7) is 8.92. The lowest BCUT2D eigenvalue weighted by molar-refractivity contribution is -0.132. The van der Waals surface area contributed by atoms with E-state index in [4.69, 9.17) is 9.47 Å². The van der Waals surface area contributed by atoms with Crippen molar-refractivity contribution in [3.8, 4) is 11.5 Å². The van der Waals surface area contributed by atoms with Crippen LogP contribution in [0.15, 0.2) is 23.0 Å². The zero-order valence-electron chi connectivity index (χ0n) is 19.6. The summed E-state index contributed by atoms with van der Waals surface area (Å²) in [4.78, 5) is 27.6. The molecule has 2 aromatic rings. The number of aromatic nitrogens is 3. The van der Waals surface area contributed by atoms with E-state index in [0.717, 1.165) is 55.7 Å². The highest BCUT2D eigenvalue weighted by atomic mass is 16.5. The molecule has 1 aliphatic rings. The number of benzene rings is 1. The summed E-state index contributed by atoms with van der Waals surface area (Å²) >= 11 is 0. The molecule has 0 fully saturated rings. The molecule has 1 aromatic carbocycles. The van der Waals surface area contributed by atoms with E-state index in [2.05, 4.69) is 12.0 Å². The van der Waals surface area contributed by atoms with E-state index in [0.29, 0.717) is 38.6 Å². The van der Waals surface area contributed by atoms with Gasteiger partial charge < -0.3 is 14.4 Å². The maximum absolute atomic E-state index is 13.1. The summed E-state index contributed by atoms with van der Waals surface area (Å²) in [6.07, 6.45) is 5.67. The van der Waals surface area contributed by atoms with Gasteiger partial charge in [-0.25, -0.2) is 9.48 Å². The summed E-state index contributed by atoms with van der Waals surface area (Å²) < 4.78 is 14.6. The summed E-state index contributed by atoms with van der Waals surface area (Å²) in [5.74, 6) is 2.10. The van der Waals surface area contributed by atoms with E-state index >= 15 is 0 Å². The molecule has 8 nitrogen and oxygen atoms in total. The molecule has 0 bridgehead atoms. The van der Waals surface area contributed by atoms with Crippen LogP contribution < -0.4 is 15.2 Å². The topological polar surface area (TPSA) is 78.6 Å². The molecule has 0 aliphatic carbocycles. The molecule has 3 rings (SSSR count). The van der Waals surface area contributed by atoms with Crippen molar-refractivity contribution in [1.82, 2.24) is 19.2 Å². The highest BCUT2D eigenvalue weighted by Crippen LogP contribution is 2.29. The fourth-order valence-corrected chi connectivity index (χ4v) is 3.99. The Bertz CT molecular complexity index is 950. The van der Waals surface area contributed by atoms with Gasteiger partial charge in [0, 0.05) is 26.1 Å². The molecule has 1 aromatic heterocycles. The number of fused-ring (bicyclic) bond motifs is 1. The molecule has 0 radical (unpaired) electrons. The third-order valence-electron chi connectivity index (χ3n) is 5.56. The summed E-state index contributed by atoms with van der Waals surface area (Å²) in [5.41, 5.74) is 0.787. The molecule has 0 spiro atoms. The number of carbonyl (C=O) groups is 1. The third kappa shape index (κ3) is 5.93. The Morgan fingerprint density at radius 2 is 1.94 bits per heavy atom. The number of hydrogen-bond acceptors (Lipinski definition) is 5. The Hall–Kier alpha value is -2.77. The monoisotopic (exact) mass is 444 g/mol. The molecule has 1 aliphatic heterocycles. The average molecular weight is 445 g/mol. The van der Waals surface area contributed by atoms with Crippen molar-refractivity contribution in [3.05, 3.63) is 40.1 Å². The van der Waals surface area contributed by atoms with Crippen molar-refractivity contribution in [1.29, 1.82) is 0 Å². The SMILES string of the molecule is CCCOc1ccc(CN(CCC)C(=O)Cn2nc3n(c2=O)CCCCC3)cc1OCC. The fraction of sp³-hybridized carbons (Fsp3) is 0.625. The number of aryl methyl sites for hydroxylation is 1. The first-order valence-electron chi connectivity index (χ1n) is 11.9. The number of rotatable bonds is 11. The number of ether oxygens (including phenoxy) is 2. The van der Waals surface area contributed by atoms with Gasteiger partial charge in [0.05, 0.1) is 13.2 Å². The molecular formula is C24H36N4O4. The quantitative estimate of drug-likeness (QED) is 0.531. The third-order valence-corrected chi connectivity index (χ3v) is 5.56. The smallest absolute Gasteiger partial charge is 0.346 e. The van der Waals surface area contributed by atoms with Gasteiger partial charge in [0.1, 0.15) is 12.4 Å². The van der Waals surface area contributed by atoms with Crippen LogP contribution in [-0.4, -0.2) is 44.9 Å². The van der Waals surface area contributed by atoms with Gasteiger partial charge in [-0.15, -0.1) is 0 Å². The number of carbonyl (C=O) groups excluding carboxylic acids is 1. The average Bonchev–Trinajstić information content (AvgIpc) is 2.94. The van der Waals surface area contributed by atoms with Gasteiger partial charge in [0.25, 0.3) is 0 Å². The maximum Gasteiger partial charge on any atom is 0.346 e. The molecule has 0 saturated heterocycles. The van der Waals surface area contributed by atoms with Crippen LogP contribution in [0.25, 0.3) is 0 Å². The van der Waals surface area contributed by atoms with Crippen molar-refractivity contribution in [2.75, 3.05) is 19.8 Å². The minimum absolute atomic E-state index is 0.0329. The summed E-state index contributed by atoms with van der Waals surface area (Å²) in [5, 5.41) is 4.46. The Balaban J connectivity index is 1.74. The Labute approximate surface area is 190 Å². The van der Waals surface area contributed by atoms with E-state index in [-0.39, 0.29) is 18.1 Å². The second-order valence-electron chi connectivity index (χ2n) is 8.20.